The van der Waals surface area contributed by atoms with Gasteiger partial charge < -0.3 is 5.32 Å². The van der Waals surface area contributed by atoms with Gasteiger partial charge in [0.05, 0.1) is 6.04 Å². The molecule has 3 aromatic rings. The molecule has 1 N–H and O–H groups in total. The fraction of sp³-hybridized carbons (Fsp3) is 0.176. The average Bonchev–Trinajstić information content (AvgIpc) is 3.11. The fourth-order valence-electron chi connectivity index (χ4n) is 2.38. The number of tetrazole rings is 1. The van der Waals surface area contributed by atoms with Gasteiger partial charge in [-0.1, -0.05) is 6.07 Å². The van der Waals surface area contributed by atoms with Crippen LogP contribution in [0.4, 0.5) is 5.69 Å². The number of carbonyl (C=O) groups is 1. The quantitative estimate of drug-likeness (QED) is 0.724. The maximum Gasteiger partial charge on any atom is 0.248 e. The minimum atomic E-state index is -0.154. The van der Waals surface area contributed by atoms with Crippen LogP contribution < -0.4 is 5.32 Å². The van der Waals surface area contributed by atoms with Crippen LogP contribution in [0.2, 0.25) is 0 Å². The molecule has 24 heavy (non-hydrogen) atoms. The van der Waals surface area contributed by atoms with E-state index in [1.54, 1.807) is 17.4 Å². The Morgan fingerprint density at radius 1 is 1.25 bits per heavy atom. The lowest BCUT2D eigenvalue weighted by Gasteiger charge is -2.05. The Hall–Kier alpha value is -2.80. The largest absolute Gasteiger partial charge is 0.323 e. The first-order valence-electron chi connectivity index (χ1n) is 7.70. The van der Waals surface area contributed by atoms with Crippen molar-refractivity contribution in [1.29, 1.82) is 0 Å². The van der Waals surface area contributed by atoms with E-state index in [1.807, 2.05) is 46.5 Å². The zero-order valence-electron chi connectivity index (χ0n) is 12.8. The van der Waals surface area contributed by atoms with Gasteiger partial charge in [-0.05, 0) is 65.1 Å². The molecule has 1 aliphatic carbocycles. The van der Waals surface area contributed by atoms with E-state index in [1.165, 1.54) is 6.08 Å². The summed E-state index contributed by atoms with van der Waals surface area (Å²) in [4.78, 5) is 13.0. The Labute approximate surface area is 142 Å². The summed E-state index contributed by atoms with van der Waals surface area (Å²) < 4.78 is 1.87. The molecule has 4 rings (SSSR count). The molecule has 1 aromatic carbocycles. The maximum absolute atomic E-state index is 11.9. The third-order valence-electron chi connectivity index (χ3n) is 3.74. The van der Waals surface area contributed by atoms with Crippen LogP contribution in [0.3, 0.4) is 0 Å². The monoisotopic (exact) mass is 337 g/mol. The van der Waals surface area contributed by atoms with Crippen LogP contribution in [0, 0.1) is 0 Å². The van der Waals surface area contributed by atoms with Gasteiger partial charge in [-0.3, -0.25) is 4.79 Å². The fourth-order valence-corrected chi connectivity index (χ4v) is 3.00. The molecule has 0 radical (unpaired) electrons. The molecular weight excluding hydrogens is 322 g/mol. The van der Waals surface area contributed by atoms with Gasteiger partial charge in [0.2, 0.25) is 5.91 Å². The zero-order valence-corrected chi connectivity index (χ0v) is 13.6. The second-order valence-corrected chi connectivity index (χ2v) is 6.57. The Morgan fingerprint density at radius 2 is 2.08 bits per heavy atom. The number of hydrogen-bond acceptors (Lipinski definition) is 5. The minimum absolute atomic E-state index is 0.154. The van der Waals surface area contributed by atoms with Crippen molar-refractivity contribution in [3.63, 3.8) is 0 Å². The number of carbonyl (C=O) groups excluding carboxylic acids is 1. The van der Waals surface area contributed by atoms with E-state index in [-0.39, 0.29) is 5.91 Å². The number of hydrogen-bond donors (Lipinski definition) is 1. The van der Waals surface area contributed by atoms with E-state index in [0.717, 1.165) is 34.8 Å². The van der Waals surface area contributed by atoms with Crippen molar-refractivity contribution in [2.24, 2.45) is 0 Å². The molecule has 0 spiro atoms. The molecule has 1 amide bonds. The molecule has 0 aliphatic heterocycles. The van der Waals surface area contributed by atoms with E-state index < -0.39 is 0 Å². The first-order valence-corrected chi connectivity index (χ1v) is 8.58. The van der Waals surface area contributed by atoms with Gasteiger partial charge in [0.15, 0.2) is 5.82 Å². The van der Waals surface area contributed by atoms with Crippen molar-refractivity contribution in [1.82, 2.24) is 20.2 Å². The molecule has 2 heterocycles. The Morgan fingerprint density at radius 3 is 2.79 bits per heavy atom. The Kier molecular flexibility index (Phi) is 3.92. The van der Waals surface area contributed by atoms with Crippen LogP contribution in [0.25, 0.3) is 17.5 Å². The van der Waals surface area contributed by atoms with Crippen LogP contribution >= 0.6 is 11.3 Å². The highest BCUT2D eigenvalue weighted by Crippen LogP contribution is 2.36. The molecule has 2 aromatic heterocycles. The Balaban J connectivity index is 1.44. The lowest BCUT2D eigenvalue weighted by Crippen LogP contribution is -2.07. The lowest BCUT2D eigenvalue weighted by atomic mass is 10.2. The minimum Gasteiger partial charge on any atom is -0.323 e. The van der Waals surface area contributed by atoms with Crippen molar-refractivity contribution in [3.05, 3.63) is 52.7 Å². The van der Waals surface area contributed by atoms with Gasteiger partial charge in [0, 0.05) is 22.2 Å². The van der Waals surface area contributed by atoms with Gasteiger partial charge >= 0.3 is 0 Å². The SMILES string of the molecule is O=C(C=Cc1cccs1)Nc1ccc(-c2nnnn2C2CC2)cc1. The predicted octanol–water partition coefficient (Wildman–Crippen LogP) is 3.39. The summed E-state index contributed by atoms with van der Waals surface area (Å²) in [6.45, 7) is 0. The normalized spacial score (nSPS) is 14.2. The second kappa shape index (κ2) is 6.37. The first kappa shape index (κ1) is 14.8. The van der Waals surface area contributed by atoms with Gasteiger partial charge in [-0.2, -0.15) is 0 Å². The smallest absolute Gasteiger partial charge is 0.248 e. The topological polar surface area (TPSA) is 72.7 Å². The van der Waals surface area contributed by atoms with Gasteiger partial charge in [-0.25, -0.2) is 4.68 Å². The molecule has 6 nitrogen and oxygen atoms in total. The molecule has 0 bridgehead atoms. The van der Waals surface area contributed by atoms with E-state index in [9.17, 15) is 4.79 Å². The number of rotatable bonds is 5. The van der Waals surface area contributed by atoms with E-state index >= 15 is 0 Å². The van der Waals surface area contributed by atoms with E-state index in [0.29, 0.717) is 6.04 Å². The predicted molar refractivity (Wildman–Crippen MR) is 93.5 cm³/mol. The molecule has 1 aliphatic rings. The number of anilines is 1. The highest BCUT2D eigenvalue weighted by atomic mass is 32.1. The van der Waals surface area contributed by atoms with Gasteiger partial charge in [0.1, 0.15) is 0 Å². The van der Waals surface area contributed by atoms with Crippen LogP contribution in [0.5, 0.6) is 0 Å². The summed E-state index contributed by atoms with van der Waals surface area (Å²) in [5.74, 6) is 0.618. The molecule has 1 saturated carbocycles. The highest BCUT2D eigenvalue weighted by molar-refractivity contribution is 7.10. The number of benzene rings is 1. The lowest BCUT2D eigenvalue weighted by molar-refractivity contribution is -0.111. The third-order valence-corrected chi connectivity index (χ3v) is 4.58. The summed E-state index contributed by atoms with van der Waals surface area (Å²) >= 11 is 1.59. The van der Waals surface area contributed by atoms with Gasteiger partial charge in [0.25, 0.3) is 0 Å². The summed E-state index contributed by atoms with van der Waals surface area (Å²) in [6.07, 6.45) is 5.59. The van der Waals surface area contributed by atoms with Crippen molar-refractivity contribution in [3.8, 4) is 11.4 Å². The van der Waals surface area contributed by atoms with E-state index in [2.05, 4.69) is 20.8 Å². The highest BCUT2D eigenvalue weighted by Gasteiger charge is 2.28. The summed E-state index contributed by atoms with van der Waals surface area (Å²) in [6, 6.07) is 11.9. The number of nitrogens with one attached hydrogen (secondary N) is 1. The molecular formula is C17H15N5OS. The summed E-state index contributed by atoms with van der Waals surface area (Å²) in [7, 11) is 0. The second-order valence-electron chi connectivity index (χ2n) is 5.59. The van der Waals surface area contributed by atoms with Crippen LogP contribution in [-0.2, 0) is 4.79 Å². The average molecular weight is 337 g/mol. The molecule has 120 valence electrons. The maximum atomic E-state index is 11.9. The van der Waals surface area contributed by atoms with E-state index in [4.69, 9.17) is 0 Å². The van der Waals surface area contributed by atoms with Crippen LogP contribution in [0.15, 0.2) is 47.9 Å². The summed E-state index contributed by atoms with van der Waals surface area (Å²) in [5.41, 5.74) is 1.68. The van der Waals surface area contributed by atoms with Crippen LogP contribution in [-0.4, -0.2) is 26.1 Å². The number of amides is 1. The first-order chi connectivity index (χ1) is 11.8. The summed E-state index contributed by atoms with van der Waals surface area (Å²) in [5, 5.41) is 16.7. The molecule has 0 unspecified atom stereocenters. The number of aromatic nitrogens is 4. The van der Waals surface area contributed by atoms with Gasteiger partial charge in [-0.15, -0.1) is 16.4 Å². The molecule has 0 saturated heterocycles. The van der Waals surface area contributed by atoms with Crippen molar-refractivity contribution < 1.29 is 4.79 Å². The standard InChI is InChI=1S/C17H15N5OS/c23-16(10-9-15-2-1-11-24-15)18-13-5-3-12(4-6-13)17-19-20-21-22(17)14-7-8-14/h1-6,9-11,14H,7-8H2,(H,18,23). The molecule has 0 atom stereocenters. The molecule has 1 fully saturated rings. The number of thiophene rings is 1. The van der Waals surface area contributed by atoms with Crippen molar-refractivity contribution in [2.75, 3.05) is 5.32 Å². The van der Waals surface area contributed by atoms with Crippen molar-refractivity contribution in [2.45, 2.75) is 18.9 Å². The number of nitrogens with zero attached hydrogens (tertiary/aromatic N) is 4. The third kappa shape index (κ3) is 3.26. The molecule has 7 heteroatoms. The van der Waals surface area contributed by atoms with Crippen molar-refractivity contribution >= 4 is 29.0 Å². The Bertz CT molecular complexity index is 863. The van der Waals surface area contributed by atoms with Crippen LogP contribution in [0.1, 0.15) is 23.8 Å². The zero-order chi connectivity index (χ0) is 16.4.